The molecule has 0 saturated carbocycles. The van der Waals surface area contributed by atoms with Crippen LogP contribution in [0.2, 0.25) is 0 Å². The van der Waals surface area contributed by atoms with Gasteiger partial charge in [0.15, 0.2) is 0 Å². The number of rotatable bonds is 11. The molecule has 34 heavy (non-hydrogen) atoms. The smallest absolute Gasteiger partial charge is 0.241 e. The molecule has 3 rings (SSSR count). The SMILES string of the molecule is CCOc1ccc(S(=O)(=O)N[C@H](Cc2ccccc2)C(=O)N[C@@H](C)c2ccc(OC)cc2)cc1. The Bertz CT molecular complexity index is 1160. The van der Waals surface area contributed by atoms with E-state index >= 15 is 0 Å². The van der Waals surface area contributed by atoms with E-state index in [4.69, 9.17) is 9.47 Å². The second kappa shape index (κ2) is 11.7. The maximum atomic E-state index is 13.2. The molecule has 0 bridgehead atoms. The molecule has 0 radical (unpaired) electrons. The third kappa shape index (κ3) is 6.82. The molecule has 0 aliphatic heterocycles. The Balaban J connectivity index is 1.80. The van der Waals surface area contributed by atoms with Crippen LogP contribution in [0.5, 0.6) is 11.5 Å². The number of carbonyl (C=O) groups excluding carboxylic acids is 1. The molecule has 0 unspecified atom stereocenters. The zero-order valence-electron chi connectivity index (χ0n) is 19.5. The highest BCUT2D eigenvalue weighted by atomic mass is 32.2. The van der Waals surface area contributed by atoms with Crippen LogP contribution >= 0.6 is 0 Å². The average Bonchev–Trinajstić information content (AvgIpc) is 2.84. The fourth-order valence-corrected chi connectivity index (χ4v) is 4.66. The van der Waals surface area contributed by atoms with Gasteiger partial charge in [-0.2, -0.15) is 4.72 Å². The lowest BCUT2D eigenvalue weighted by molar-refractivity contribution is -0.123. The number of nitrogens with one attached hydrogen (secondary N) is 2. The molecular weight excluding hydrogens is 452 g/mol. The topological polar surface area (TPSA) is 93.7 Å². The molecule has 3 aromatic rings. The Morgan fingerprint density at radius 1 is 0.912 bits per heavy atom. The van der Waals surface area contributed by atoms with Crippen LogP contribution in [0.1, 0.15) is 31.0 Å². The van der Waals surface area contributed by atoms with Crippen molar-refractivity contribution in [1.29, 1.82) is 0 Å². The number of hydrogen-bond acceptors (Lipinski definition) is 5. The highest BCUT2D eigenvalue weighted by molar-refractivity contribution is 7.89. The molecule has 0 fully saturated rings. The van der Waals surface area contributed by atoms with E-state index in [-0.39, 0.29) is 17.4 Å². The van der Waals surface area contributed by atoms with Crippen LogP contribution in [0.3, 0.4) is 0 Å². The van der Waals surface area contributed by atoms with Crippen LogP contribution in [0.25, 0.3) is 0 Å². The summed E-state index contributed by atoms with van der Waals surface area (Å²) in [5.74, 6) is 0.877. The van der Waals surface area contributed by atoms with E-state index in [2.05, 4.69) is 10.0 Å². The van der Waals surface area contributed by atoms with Gasteiger partial charge in [-0.25, -0.2) is 8.42 Å². The quantitative estimate of drug-likeness (QED) is 0.433. The summed E-state index contributed by atoms with van der Waals surface area (Å²) in [7, 11) is -2.36. The van der Waals surface area contributed by atoms with Crippen molar-refractivity contribution in [3.8, 4) is 11.5 Å². The first-order chi connectivity index (χ1) is 16.3. The van der Waals surface area contributed by atoms with Crippen LogP contribution in [0.15, 0.2) is 83.8 Å². The molecule has 0 aliphatic carbocycles. The van der Waals surface area contributed by atoms with E-state index in [0.29, 0.717) is 18.1 Å². The molecular formula is C26H30N2O5S. The van der Waals surface area contributed by atoms with Crippen molar-refractivity contribution in [1.82, 2.24) is 10.0 Å². The van der Waals surface area contributed by atoms with E-state index in [0.717, 1.165) is 11.1 Å². The maximum absolute atomic E-state index is 13.2. The zero-order chi connectivity index (χ0) is 24.6. The van der Waals surface area contributed by atoms with Crippen LogP contribution in [0.4, 0.5) is 0 Å². The molecule has 3 aromatic carbocycles. The van der Waals surface area contributed by atoms with Gasteiger partial charge in [0.1, 0.15) is 17.5 Å². The molecule has 0 aliphatic rings. The molecule has 0 aromatic heterocycles. The maximum Gasteiger partial charge on any atom is 0.241 e. The summed E-state index contributed by atoms with van der Waals surface area (Å²) in [6.07, 6.45) is 0.207. The minimum Gasteiger partial charge on any atom is -0.497 e. The number of ether oxygens (including phenoxy) is 2. The lowest BCUT2D eigenvalue weighted by atomic mass is 10.0. The molecule has 0 heterocycles. The van der Waals surface area contributed by atoms with Crippen molar-refractivity contribution >= 4 is 15.9 Å². The summed E-state index contributed by atoms with van der Waals surface area (Å²) in [5, 5.41) is 2.93. The van der Waals surface area contributed by atoms with Crippen molar-refractivity contribution < 1.29 is 22.7 Å². The summed E-state index contributed by atoms with van der Waals surface area (Å²) in [4.78, 5) is 13.3. The van der Waals surface area contributed by atoms with Crippen LogP contribution < -0.4 is 19.5 Å². The summed E-state index contributed by atoms with van der Waals surface area (Å²) in [6.45, 7) is 4.18. The van der Waals surface area contributed by atoms with Gasteiger partial charge in [-0.05, 0) is 67.8 Å². The number of methoxy groups -OCH3 is 1. The van der Waals surface area contributed by atoms with E-state index in [1.54, 1.807) is 19.2 Å². The van der Waals surface area contributed by atoms with Gasteiger partial charge in [0, 0.05) is 0 Å². The fraction of sp³-hybridized carbons (Fsp3) is 0.269. The molecule has 8 heteroatoms. The minimum absolute atomic E-state index is 0.0602. The minimum atomic E-state index is -3.95. The lowest BCUT2D eigenvalue weighted by Gasteiger charge is -2.22. The second-order valence-corrected chi connectivity index (χ2v) is 9.49. The third-order valence-corrected chi connectivity index (χ3v) is 6.80. The van der Waals surface area contributed by atoms with Gasteiger partial charge in [0.05, 0.1) is 24.7 Å². The monoisotopic (exact) mass is 482 g/mol. The number of carbonyl (C=O) groups is 1. The highest BCUT2D eigenvalue weighted by Gasteiger charge is 2.27. The first-order valence-corrected chi connectivity index (χ1v) is 12.5. The lowest BCUT2D eigenvalue weighted by Crippen LogP contribution is -2.48. The predicted octanol–water partition coefficient (Wildman–Crippen LogP) is 3.86. The summed E-state index contributed by atoms with van der Waals surface area (Å²) < 4.78 is 39.3. The van der Waals surface area contributed by atoms with Gasteiger partial charge in [0.25, 0.3) is 0 Å². The van der Waals surface area contributed by atoms with Crippen molar-refractivity contribution in [2.24, 2.45) is 0 Å². The van der Waals surface area contributed by atoms with Crippen molar-refractivity contribution in [2.75, 3.05) is 13.7 Å². The van der Waals surface area contributed by atoms with Crippen LogP contribution in [-0.4, -0.2) is 34.1 Å². The Kier molecular flexibility index (Phi) is 8.67. The summed E-state index contributed by atoms with van der Waals surface area (Å²) in [6, 6.07) is 21.4. The molecule has 1 amide bonds. The van der Waals surface area contributed by atoms with Crippen molar-refractivity contribution in [3.05, 3.63) is 90.0 Å². The van der Waals surface area contributed by atoms with E-state index in [1.807, 2.05) is 68.4 Å². The number of benzene rings is 3. The van der Waals surface area contributed by atoms with Gasteiger partial charge >= 0.3 is 0 Å². The Morgan fingerprint density at radius 2 is 1.53 bits per heavy atom. The highest BCUT2D eigenvalue weighted by Crippen LogP contribution is 2.19. The molecule has 0 spiro atoms. The number of hydrogen-bond donors (Lipinski definition) is 2. The summed E-state index contributed by atoms with van der Waals surface area (Å²) >= 11 is 0. The van der Waals surface area contributed by atoms with Crippen molar-refractivity contribution in [3.63, 3.8) is 0 Å². The number of sulfonamides is 1. The largest absolute Gasteiger partial charge is 0.497 e. The van der Waals surface area contributed by atoms with E-state index in [1.165, 1.54) is 12.1 Å². The average molecular weight is 483 g/mol. The molecule has 180 valence electrons. The number of amides is 1. The molecule has 2 atom stereocenters. The van der Waals surface area contributed by atoms with Gasteiger partial charge in [-0.3, -0.25) is 4.79 Å². The van der Waals surface area contributed by atoms with E-state index in [9.17, 15) is 13.2 Å². The van der Waals surface area contributed by atoms with Gasteiger partial charge in [0.2, 0.25) is 15.9 Å². The standard InChI is InChI=1S/C26H30N2O5S/c1-4-33-23-14-16-24(17-15-23)34(30,31)28-25(18-20-8-6-5-7-9-20)26(29)27-19(2)21-10-12-22(32-3)13-11-21/h5-17,19,25,28H,4,18H2,1-3H3,(H,27,29)/t19-,25+/m0/s1. The summed E-state index contributed by atoms with van der Waals surface area (Å²) in [5.41, 5.74) is 1.72. The second-order valence-electron chi connectivity index (χ2n) is 7.77. The Hall–Kier alpha value is -3.36. The van der Waals surface area contributed by atoms with Gasteiger partial charge < -0.3 is 14.8 Å². The predicted molar refractivity (Wildman–Crippen MR) is 131 cm³/mol. The first kappa shape index (κ1) is 25.3. The van der Waals surface area contributed by atoms with E-state index < -0.39 is 22.0 Å². The Morgan fingerprint density at radius 3 is 2.12 bits per heavy atom. The van der Waals surface area contributed by atoms with Crippen LogP contribution in [-0.2, 0) is 21.2 Å². The normalized spacial score (nSPS) is 13.0. The molecule has 2 N–H and O–H groups in total. The first-order valence-electron chi connectivity index (χ1n) is 11.1. The Labute approximate surface area is 201 Å². The third-order valence-electron chi connectivity index (χ3n) is 5.32. The van der Waals surface area contributed by atoms with Gasteiger partial charge in [-0.1, -0.05) is 42.5 Å². The van der Waals surface area contributed by atoms with Crippen molar-refractivity contribution in [2.45, 2.75) is 37.2 Å². The van der Waals surface area contributed by atoms with Gasteiger partial charge in [-0.15, -0.1) is 0 Å². The fourth-order valence-electron chi connectivity index (χ4n) is 3.46. The zero-order valence-corrected chi connectivity index (χ0v) is 20.3. The molecule has 7 nitrogen and oxygen atoms in total. The van der Waals surface area contributed by atoms with Crippen LogP contribution in [0, 0.1) is 0 Å². The molecule has 0 saturated heterocycles.